The number of carbonyl (C=O) groups excluding carboxylic acids is 1. The number of ether oxygens (including phenoxy) is 1. The van der Waals surface area contributed by atoms with Gasteiger partial charge in [-0.2, -0.15) is 5.10 Å². The van der Waals surface area contributed by atoms with Crippen LogP contribution in [0.5, 0.6) is 0 Å². The lowest BCUT2D eigenvalue weighted by atomic mass is 10.0. The maximum Gasteiger partial charge on any atom is 0.339 e. The summed E-state index contributed by atoms with van der Waals surface area (Å²) in [7, 11) is 1.36. The zero-order chi connectivity index (χ0) is 24.5. The lowest BCUT2D eigenvalue weighted by Crippen LogP contribution is -2.09. The molecule has 3 aromatic carbocycles. The average Bonchev–Trinajstić information content (AvgIpc) is 3.19. The molecule has 2 aromatic heterocycles. The molecule has 0 bridgehead atoms. The molecule has 0 aliphatic heterocycles. The van der Waals surface area contributed by atoms with Gasteiger partial charge < -0.3 is 15.0 Å². The second-order valence-electron chi connectivity index (χ2n) is 8.15. The molecule has 0 amide bonds. The first-order valence-electron chi connectivity index (χ1n) is 11.1. The van der Waals surface area contributed by atoms with Crippen molar-refractivity contribution in [3.05, 3.63) is 100 Å². The van der Waals surface area contributed by atoms with E-state index in [1.165, 1.54) is 13.3 Å². The number of nitrogens with zero attached hydrogens (tertiary/aromatic N) is 3. The van der Waals surface area contributed by atoms with Gasteiger partial charge in [-0.15, -0.1) is 0 Å². The number of hydrogen-bond acceptors (Lipinski definition) is 6. The minimum absolute atomic E-state index is 0.254. The van der Waals surface area contributed by atoms with E-state index in [1.54, 1.807) is 12.1 Å². The van der Waals surface area contributed by atoms with E-state index in [9.17, 15) is 9.59 Å². The summed E-state index contributed by atoms with van der Waals surface area (Å²) in [6.07, 6.45) is 1.27. The predicted molar refractivity (Wildman–Crippen MR) is 135 cm³/mol. The molecule has 0 aliphatic rings. The minimum atomic E-state index is -0.438. The van der Waals surface area contributed by atoms with E-state index in [0.29, 0.717) is 28.1 Å². The standard InChI is InChI=1S/C27H23N5O3/c1-16-8-4-7-11-23(16)32-26(30-20-10-6-5-9-19(20)27(34)35-3)25(17(2)31-32)18-12-13-21-22(14-18)28-15-24(33)29-21/h4-15,30H,1-3H3,(H,29,33). The molecule has 2 N–H and O–H groups in total. The van der Waals surface area contributed by atoms with Crippen molar-refractivity contribution in [2.24, 2.45) is 0 Å². The fraction of sp³-hybridized carbons (Fsp3) is 0.111. The molecule has 5 aromatic rings. The normalized spacial score (nSPS) is 10.9. The first-order valence-corrected chi connectivity index (χ1v) is 11.1. The van der Waals surface area contributed by atoms with Gasteiger partial charge in [-0.1, -0.05) is 36.4 Å². The summed E-state index contributed by atoms with van der Waals surface area (Å²) in [4.78, 5) is 31.2. The fourth-order valence-electron chi connectivity index (χ4n) is 4.16. The molecule has 0 atom stereocenters. The predicted octanol–water partition coefficient (Wildman–Crippen LogP) is 4.92. The van der Waals surface area contributed by atoms with E-state index < -0.39 is 5.97 Å². The maximum atomic E-state index is 12.4. The van der Waals surface area contributed by atoms with Crippen LogP contribution < -0.4 is 10.9 Å². The molecule has 174 valence electrons. The monoisotopic (exact) mass is 465 g/mol. The summed E-state index contributed by atoms with van der Waals surface area (Å²) >= 11 is 0. The Hall–Kier alpha value is -4.72. The summed E-state index contributed by atoms with van der Waals surface area (Å²) in [6.45, 7) is 3.96. The molecular weight excluding hydrogens is 442 g/mol. The van der Waals surface area contributed by atoms with E-state index in [2.05, 4.69) is 15.3 Å². The van der Waals surface area contributed by atoms with Gasteiger partial charge in [0.05, 0.1) is 47.0 Å². The summed E-state index contributed by atoms with van der Waals surface area (Å²) in [5.41, 5.74) is 6.52. The first-order chi connectivity index (χ1) is 17.0. The Kier molecular flexibility index (Phi) is 5.62. The zero-order valence-corrected chi connectivity index (χ0v) is 19.5. The van der Waals surface area contributed by atoms with Crippen LogP contribution in [0.3, 0.4) is 0 Å². The highest BCUT2D eigenvalue weighted by Crippen LogP contribution is 2.37. The van der Waals surface area contributed by atoms with Crippen LogP contribution in [0.25, 0.3) is 27.8 Å². The Morgan fingerprint density at radius 1 is 1.03 bits per heavy atom. The molecule has 0 radical (unpaired) electrons. The minimum Gasteiger partial charge on any atom is -0.465 e. The number of anilines is 2. The molecule has 0 aliphatic carbocycles. The third-order valence-corrected chi connectivity index (χ3v) is 5.85. The SMILES string of the molecule is COC(=O)c1ccccc1Nc1c(-c2ccc3[nH]c(=O)cnc3c2)c(C)nn1-c1ccccc1C. The molecule has 5 rings (SSSR count). The van der Waals surface area contributed by atoms with Crippen molar-refractivity contribution in [2.75, 3.05) is 12.4 Å². The number of esters is 1. The van der Waals surface area contributed by atoms with Crippen LogP contribution in [-0.4, -0.2) is 32.8 Å². The number of hydrogen-bond donors (Lipinski definition) is 2. The van der Waals surface area contributed by atoms with E-state index in [1.807, 2.05) is 73.1 Å². The Bertz CT molecular complexity index is 1630. The Morgan fingerprint density at radius 3 is 2.60 bits per heavy atom. The molecule has 0 unspecified atom stereocenters. The number of aromatic nitrogens is 4. The summed E-state index contributed by atoms with van der Waals surface area (Å²) < 4.78 is 6.83. The molecule has 35 heavy (non-hydrogen) atoms. The van der Waals surface area contributed by atoms with Crippen molar-refractivity contribution >= 4 is 28.5 Å². The largest absolute Gasteiger partial charge is 0.465 e. The fourth-order valence-corrected chi connectivity index (χ4v) is 4.16. The smallest absolute Gasteiger partial charge is 0.339 e. The third-order valence-electron chi connectivity index (χ3n) is 5.85. The zero-order valence-electron chi connectivity index (χ0n) is 19.5. The Balaban J connectivity index is 1.75. The number of methoxy groups -OCH3 is 1. The van der Waals surface area contributed by atoms with Crippen LogP contribution in [0.4, 0.5) is 11.5 Å². The van der Waals surface area contributed by atoms with Crippen molar-refractivity contribution in [1.82, 2.24) is 19.7 Å². The van der Waals surface area contributed by atoms with E-state index >= 15 is 0 Å². The Labute approximate surface area is 201 Å². The van der Waals surface area contributed by atoms with Crippen molar-refractivity contribution in [3.63, 3.8) is 0 Å². The van der Waals surface area contributed by atoms with Gasteiger partial charge in [-0.05, 0) is 55.3 Å². The average molecular weight is 466 g/mol. The van der Waals surface area contributed by atoms with Crippen molar-refractivity contribution in [3.8, 4) is 16.8 Å². The lowest BCUT2D eigenvalue weighted by Gasteiger charge is -2.16. The third kappa shape index (κ3) is 4.06. The summed E-state index contributed by atoms with van der Waals surface area (Å²) in [6, 6.07) is 20.8. The van der Waals surface area contributed by atoms with Gasteiger partial charge in [0.1, 0.15) is 5.82 Å². The second kappa shape index (κ2) is 8.90. The van der Waals surface area contributed by atoms with E-state index in [0.717, 1.165) is 28.1 Å². The molecule has 0 saturated carbocycles. The number of aryl methyl sites for hydroxylation is 2. The highest BCUT2D eigenvalue weighted by atomic mass is 16.5. The van der Waals surface area contributed by atoms with Crippen LogP contribution in [0.15, 0.2) is 77.7 Å². The number of nitrogens with one attached hydrogen (secondary N) is 2. The van der Waals surface area contributed by atoms with Crippen LogP contribution in [0, 0.1) is 13.8 Å². The Morgan fingerprint density at radius 2 is 1.80 bits per heavy atom. The van der Waals surface area contributed by atoms with Gasteiger partial charge in [-0.25, -0.2) is 14.5 Å². The van der Waals surface area contributed by atoms with Gasteiger partial charge >= 0.3 is 5.97 Å². The quantitative estimate of drug-likeness (QED) is 0.357. The van der Waals surface area contributed by atoms with Crippen LogP contribution in [0.1, 0.15) is 21.6 Å². The van der Waals surface area contributed by atoms with Crippen LogP contribution >= 0.6 is 0 Å². The highest BCUT2D eigenvalue weighted by molar-refractivity contribution is 5.97. The molecule has 0 spiro atoms. The number of fused-ring (bicyclic) bond motifs is 1. The topological polar surface area (TPSA) is 102 Å². The van der Waals surface area contributed by atoms with Crippen molar-refractivity contribution in [1.29, 1.82) is 0 Å². The highest BCUT2D eigenvalue weighted by Gasteiger charge is 2.22. The molecule has 0 saturated heterocycles. The van der Waals surface area contributed by atoms with Gasteiger partial charge in [0.2, 0.25) is 0 Å². The van der Waals surface area contributed by atoms with Crippen molar-refractivity contribution in [2.45, 2.75) is 13.8 Å². The molecule has 8 nitrogen and oxygen atoms in total. The van der Waals surface area contributed by atoms with Gasteiger partial charge in [0.25, 0.3) is 5.56 Å². The van der Waals surface area contributed by atoms with E-state index in [-0.39, 0.29) is 5.56 Å². The number of aromatic amines is 1. The van der Waals surface area contributed by atoms with Gasteiger partial charge in [-0.3, -0.25) is 4.79 Å². The molecule has 8 heteroatoms. The lowest BCUT2D eigenvalue weighted by molar-refractivity contribution is 0.0602. The number of carbonyl (C=O) groups is 1. The molecular formula is C27H23N5O3. The number of H-pyrrole nitrogens is 1. The van der Waals surface area contributed by atoms with E-state index in [4.69, 9.17) is 9.84 Å². The number of rotatable bonds is 5. The van der Waals surface area contributed by atoms with Gasteiger partial charge in [0, 0.05) is 5.56 Å². The molecule has 0 fully saturated rings. The van der Waals surface area contributed by atoms with Gasteiger partial charge in [0.15, 0.2) is 0 Å². The number of benzene rings is 3. The number of para-hydroxylation sites is 2. The van der Waals surface area contributed by atoms with Crippen LogP contribution in [-0.2, 0) is 4.74 Å². The second-order valence-corrected chi connectivity index (χ2v) is 8.15. The summed E-state index contributed by atoms with van der Waals surface area (Å²) in [5, 5.41) is 8.31. The first kappa shape index (κ1) is 22.1. The summed E-state index contributed by atoms with van der Waals surface area (Å²) in [5.74, 6) is 0.254. The van der Waals surface area contributed by atoms with Crippen molar-refractivity contribution < 1.29 is 9.53 Å². The van der Waals surface area contributed by atoms with Crippen LogP contribution in [0.2, 0.25) is 0 Å². The maximum absolute atomic E-state index is 12.4. The molecule has 2 heterocycles.